The van der Waals surface area contributed by atoms with Crippen LogP contribution in [0.3, 0.4) is 0 Å². The second-order valence-electron chi connectivity index (χ2n) is 11.8. The Balaban J connectivity index is 0.000000224. The highest BCUT2D eigenvalue weighted by atomic mass is 19.4. The summed E-state index contributed by atoms with van der Waals surface area (Å²) in [4.78, 5) is 40.0. The Bertz CT molecular complexity index is 2600. The van der Waals surface area contributed by atoms with Crippen LogP contribution in [0.1, 0.15) is 33.4 Å². The molecule has 0 atom stereocenters. The van der Waals surface area contributed by atoms with Crippen LogP contribution in [0.2, 0.25) is 0 Å². The Kier molecular flexibility index (Phi) is 12.9. The summed E-state index contributed by atoms with van der Waals surface area (Å²) in [5, 5.41) is 4.70. The Morgan fingerprint density at radius 2 is 1.15 bits per heavy atom. The summed E-state index contributed by atoms with van der Waals surface area (Å²) in [6.07, 6.45) is -3.53. The van der Waals surface area contributed by atoms with E-state index in [2.05, 4.69) is 54.3 Å². The van der Waals surface area contributed by atoms with Gasteiger partial charge in [0, 0.05) is 41.6 Å². The number of anilines is 6. The molecule has 2 heterocycles. The average molecular weight is 813 g/mol. The van der Waals surface area contributed by atoms with Crippen LogP contribution < -0.4 is 32.7 Å². The third-order valence-corrected chi connectivity index (χ3v) is 7.49. The maximum Gasteiger partial charge on any atom is 0.418 e. The van der Waals surface area contributed by atoms with E-state index >= 15 is 0 Å². The SMILES string of the molecule is NC(=O)N(c1cccc(C#Cc2cnc(N)nc2)c1)c1cc(C(F)(F)F)ccc1F.Nc1ncc(C#Cc2cccc(NC(=O)Nc3ccccc3C(F)(F)F)c2)cn1. The predicted molar refractivity (Wildman–Crippen MR) is 205 cm³/mol. The molecule has 0 spiro atoms. The minimum absolute atomic E-state index is 0.0427. The molecule has 4 aromatic carbocycles. The van der Waals surface area contributed by atoms with Crippen molar-refractivity contribution in [1.82, 2.24) is 19.9 Å². The van der Waals surface area contributed by atoms with Crippen molar-refractivity contribution >= 4 is 46.7 Å². The number of amides is 4. The Morgan fingerprint density at radius 1 is 0.610 bits per heavy atom. The van der Waals surface area contributed by atoms with Crippen molar-refractivity contribution < 1.29 is 40.3 Å². The van der Waals surface area contributed by atoms with Crippen molar-refractivity contribution in [3.8, 4) is 23.7 Å². The van der Waals surface area contributed by atoms with Gasteiger partial charge in [0.25, 0.3) is 0 Å². The molecule has 19 heteroatoms. The lowest BCUT2D eigenvalue weighted by molar-refractivity contribution is -0.138. The number of nitrogens with one attached hydrogen (secondary N) is 2. The van der Waals surface area contributed by atoms with E-state index in [-0.39, 0.29) is 23.3 Å². The molecule has 2 aromatic heterocycles. The van der Waals surface area contributed by atoms with E-state index in [9.17, 15) is 40.3 Å². The van der Waals surface area contributed by atoms with Gasteiger partial charge in [-0.05, 0) is 66.7 Å². The van der Waals surface area contributed by atoms with E-state index in [1.807, 2.05) is 0 Å². The summed E-state index contributed by atoms with van der Waals surface area (Å²) < 4.78 is 92.4. The van der Waals surface area contributed by atoms with Crippen LogP contribution in [0, 0.1) is 29.5 Å². The number of alkyl halides is 6. The van der Waals surface area contributed by atoms with Gasteiger partial charge in [0.1, 0.15) is 5.82 Å². The number of benzene rings is 4. The molecule has 0 aliphatic heterocycles. The topological polar surface area (TPSA) is 191 Å². The largest absolute Gasteiger partial charge is 0.418 e. The highest BCUT2D eigenvalue weighted by molar-refractivity contribution is 6.00. The molecule has 0 unspecified atom stereocenters. The van der Waals surface area contributed by atoms with Crippen LogP contribution >= 0.6 is 0 Å². The second-order valence-corrected chi connectivity index (χ2v) is 11.8. The van der Waals surface area contributed by atoms with E-state index < -0.39 is 47.0 Å². The summed E-state index contributed by atoms with van der Waals surface area (Å²) >= 11 is 0. The number of nitrogens with zero attached hydrogens (tertiary/aromatic N) is 5. The summed E-state index contributed by atoms with van der Waals surface area (Å²) in [5.41, 5.74) is 15.5. The molecule has 6 rings (SSSR count). The Labute approximate surface area is 330 Å². The monoisotopic (exact) mass is 812 g/mol. The normalized spacial score (nSPS) is 10.7. The summed E-state index contributed by atoms with van der Waals surface area (Å²) in [5.74, 6) is 10.5. The minimum atomic E-state index is -4.72. The van der Waals surface area contributed by atoms with Gasteiger partial charge in [-0.2, -0.15) is 26.3 Å². The quantitative estimate of drug-likeness (QED) is 0.0875. The first-order chi connectivity index (χ1) is 28.0. The molecule has 0 aliphatic carbocycles. The molecule has 0 bridgehead atoms. The van der Waals surface area contributed by atoms with Gasteiger partial charge in [0.05, 0.1) is 39.3 Å². The number of rotatable bonds is 4. The number of carbonyl (C=O) groups excluding carboxylic acids is 2. The molecule has 4 amide bonds. The second kappa shape index (κ2) is 18.2. The van der Waals surface area contributed by atoms with Crippen molar-refractivity contribution in [2.24, 2.45) is 5.73 Å². The molecule has 0 radical (unpaired) electrons. The summed E-state index contributed by atoms with van der Waals surface area (Å²) in [6.45, 7) is 0. The number of urea groups is 2. The van der Waals surface area contributed by atoms with Crippen molar-refractivity contribution in [3.05, 3.63) is 155 Å². The molecular weight excluding hydrogens is 785 g/mol. The molecule has 6 aromatic rings. The fourth-order valence-corrected chi connectivity index (χ4v) is 4.86. The minimum Gasteiger partial charge on any atom is -0.368 e. The standard InChI is InChI=1S/C20H13F4N5O.C20H14F3N5O/c21-16-7-6-14(20(22,23)24)9-17(16)29(19(26)30)15-3-1-2-12(8-15)4-5-13-10-27-18(25)28-11-13;21-20(22,23)16-6-1-2-7-17(16)28-19(29)27-15-5-3-4-13(10-15)8-9-14-11-25-18(24)26-12-14/h1-3,6-11H,(H2,26,30)(H2,25,27,28);1-7,10-12H,(H2,24,25,26)(H2,27,28,29). The molecule has 0 saturated heterocycles. The van der Waals surface area contributed by atoms with Crippen LogP contribution in [0.15, 0.2) is 116 Å². The predicted octanol–water partition coefficient (Wildman–Crippen LogP) is 7.95. The summed E-state index contributed by atoms with van der Waals surface area (Å²) in [6, 6.07) is 16.9. The number of primary amides is 1. The fraction of sp³-hybridized carbons (Fsp3) is 0.0500. The Hall–Kier alpha value is -8.19. The van der Waals surface area contributed by atoms with E-state index in [4.69, 9.17) is 17.2 Å². The van der Waals surface area contributed by atoms with Crippen LogP contribution in [-0.2, 0) is 12.4 Å². The number of nitrogens with two attached hydrogens (primary N) is 3. The molecule has 0 aliphatic rings. The Morgan fingerprint density at radius 3 is 1.71 bits per heavy atom. The van der Waals surface area contributed by atoms with Crippen LogP contribution in [0.4, 0.5) is 75.0 Å². The number of aromatic nitrogens is 4. The number of hydrogen-bond donors (Lipinski definition) is 5. The first-order valence-corrected chi connectivity index (χ1v) is 16.6. The van der Waals surface area contributed by atoms with Gasteiger partial charge >= 0.3 is 24.4 Å². The zero-order chi connectivity index (χ0) is 42.7. The number of para-hydroxylation sites is 1. The zero-order valence-corrected chi connectivity index (χ0v) is 29.9. The number of halogens is 7. The summed E-state index contributed by atoms with van der Waals surface area (Å²) in [7, 11) is 0. The van der Waals surface area contributed by atoms with Gasteiger partial charge in [0.2, 0.25) is 11.9 Å². The molecule has 0 saturated carbocycles. The van der Waals surface area contributed by atoms with Gasteiger partial charge < -0.3 is 27.8 Å². The lowest BCUT2D eigenvalue weighted by Crippen LogP contribution is -2.32. The molecular formula is C40H27F7N10O2. The molecule has 298 valence electrons. The molecule has 59 heavy (non-hydrogen) atoms. The maximum atomic E-state index is 14.3. The zero-order valence-electron chi connectivity index (χ0n) is 29.9. The van der Waals surface area contributed by atoms with Crippen molar-refractivity contribution in [2.75, 3.05) is 27.0 Å². The lowest BCUT2D eigenvalue weighted by atomic mass is 10.1. The van der Waals surface area contributed by atoms with Crippen molar-refractivity contribution in [2.45, 2.75) is 12.4 Å². The first-order valence-electron chi connectivity index (χ1n) is 16.6. The van der Waals surface area contributed by atoms with Gasteiger partial charge in [-0.1, -0.05) is 47.9 Å². The third-order valence-electron chi connectivity index (χ3n) is 7.49. The van der Waals surface area contributed by atoms with Crippen LogP contribution in [0.5, 0.6) is 0 Å². The van der Waals surface area contributed by atoms with E-state index in [0.717, 1.165) is 6.07 Å². The fourth-order valence-electron chi connectivity index (χ4n) is 4.86. The average Bonchev–Trinajstić information content (AvgIpc) is 3.18. The smallest absolute Gasteiger partial charge is 0.368 e. The molecule has 0 fully saturated rings. The highest BCUT2D eigenvalue weighted by Gasteiger charge is 2.34. The van der Waals surface area contributed by atoms with Crippen LogP contribution in [0.25, 0.3) is 0 Å². The van der Waals surface area contributed by atoms with Crippen LogP contribution in [-0.4, -0.2) is 32.0 Å². The van der Waals surface area contributed by atoms with Gasteiger partial charge in [-0.15, -0.1) is 0 Å². The first kappa shape index (κ1) is 42.0. The van der Waals surface area contributed by atoms with E-state index in [1.165, 1.54) is 61.2 Å². The highest BCUT2D eigenvalue weighted by Crippen LogP contribution is 2.36. The van der Waals surface area contributed by atoms with Gasteiger partial charge in [-0.3, -0.25) is 4.90 Å². The van der Waals surface area contributed by atoms with E-state index in [0.29, 0.717) is 51.0 Å². The number of hydrogen-bond acceptors (Lipinski definition) is 8. The van der Waals surface area contributed by atoms with Gasteiger partial charge in [-0.25, -0.2) is 33.9 Å². The maximum absolute atomic E-state index is 14.3. The van der Waals surface area contributed by atoms with Crippen molar-refractivity contribution in [3.63, 3.8) is 0 Å². The lowest BCUT2D eigenvalue weighted by Gasteiger charge is -2.22. The van der Waals surface area contributed by atoms with Gasteiger partial charge in [0.15, 0.2) is 0 Å². The molecule has 12 nitrogen and oxygen atoms in total. The third kappa shape index (κ3) is 11.9. The molecule has 8 N–H and O–H groups in total. The van der Waals surface area contributed by atoms with E-state index in [1.54, 1.807) is 30.3 Å². The van der Waals surface area contributed by atoms with Crippen molar-refractivity contribution in [1.29, 1.82) is 0 Å². The number of nitrogen functional groups attached to an aromatic ring is 2. The number of carbonyl (C=O) groups is 2.